The standard InChI is InChI=1S/C24H55N2O5Si3/c1-9-26(10-2)21-17-15-13-14-16-19-24(34(27-6,28-7)29-8)32-23-25(5)20-18-22-33(30-11-3)31-12-4/h24H,9-23H2,1-8H3. The van der Waals surface area contributed by atoms with Crippen LogP contribution in [0.3, 0.4) is 0 Å². The lowest BCUT2D eigenvalue weighted by atomic mass is 10.1. The summed E-state index contributed by atoms with van der Waals surface area (Å²) in [4.78, 5) is 4.94. The van der Waals surface area contributed by atoms with Gasteiger partial charge in [-0.2, -0.15) is 0 Å². The van der Waals surface area contributed by atoms with E-state index in [0.717, 1.165) is 67.4 Å². The van der Waals surface area contributed by atoms with Gasteiger partial charge in [-0.1, -0.05) is 39.5 Å². The highest BCUT2D eigenvalue weighted by Crippen LogP contribution is 2.29. The molecule has 3 radical (unpaired) electrons. The first-order chi connectivity index (χ1) is 16.5. The maximum atomic E-state index is 5.89. The maximum Gasteiger partial charge on any atom is 0.500 e. The summed E-state index contributed by atoms with van der Waals surface area (Å²) in [5.74, 6) is 0. The molecule has 0 saturated heterocycles. The molecule has 1 atom stereocenters. The van der Waals surface area contributed by atoms with Crippen LogP contribution in [0.1, 0.15) is 72.6 Å². The van der Waals surface area contributed by atoms with Crippen molar-refractivity contribution in [3.63, 3.8) is 0 Å². The summed E-state index contributed by atoms with van der Waals surface area (Å²) in [7, 11) is 4.44. The lowest BCUT2D eigenvalue weighted by Gasteiger charge is -2.33. The fourth-order valence-electron chi connectivity index (χ4n) is 4.18. The molecule has 0 saturated carbocycles. The van der Waals surface area contributed by atoms with Crippen molar-refractivity contribution in [2.75, 3.05) is 73.9 Å². The molecular formula is C24H55N2O5Si3. The van der Waals surface area contributed by atoms with Crippen molar-refractivity contribution in [1.29, 1.82) is 0 Å². The van der Waals surface area contributed by atoms with Crippen LogP contribution in [0.15, 0.2) is 0 Å². The predicted molar refractivity (Wildman–Crippen MR) is 148 cm³/mol. The van der Waals surface area contributed by atoms with Gasteiger partial charge in [-0.25, -0.2) is 0 Å². The van der Waals surface area contributed by atoms with Crippen LogP contribution in [0.2, 0.25) is 11.2 Å². The molecule has 0 aliphatic carbocycles. The summed E-state index contributed by atoms with van der Waals surface area (Å²) >= 11 is 0. The third-order valence-electron chi connectivity index (χ3n) is 6.28. The Balaban J connectivity index is 4.51. The van der Waals surface area contributed by atoms with Gasteiger partial charge < -0.3 is 31.9 Å². The molecule has 0 aromatic heterocycles. The number of unbranched alkanes of at least 4 members (excludes halogenated alkanes) is 4. The summed E-state index contributed by atoms with van der Waals surface area (Å²) in [5, 5.41) is 0.358. The number of nitrogens with zero attached hydrogens (tertiary/aromatic N) is 2. The summed E-state index contributed by atoms with van der Waals surface area (Å²) in [6.45, 7) is 14.7. The summed E-state index contributed by atoms with van der Waals surface area (Å²) in [6, 6.07) is 1.03. The Morgan fingerprint density at radius 1 is 0.765 bits per heavy atom. The highest BCUT2D eigenvalue weighted by Gasteiger charge is 2.46. The van der Waals surface area contributed by atoms with E-state index < -0.39 is 18.1 Å². The first-order valence-corrected chi connectivity index (χ1v) is 18.0. The van der Waals surface area contributed by atoms with Crippen LogP contribution in [0.5, 0.6) is 0 Å². The molecular weight excluding hydrogens is 481 g/mol. The average Bonchev–Trinajstić information content (AvgIpc) is 2.85. The SMILES string of the molecule is CCO[Si](CCCN(C)C[Si]C(CCCCCCCN(CC)CC)[Si](OC)(OC)OC)OCC. The lowest BCUT2D eigenvalue weighted by Crippen LogP contribution is -2.51. The van der Waals surface area contributed by atoms with Gasteiger partial charge >= 0.3 is 18.1 Å². The number of rotatable bonds is 25. The highest BCUT2D eigenvalue weighted by molar-refractivity contribution is 6.73. The summed E-state index contributed by atoms with van der Waals surface area (Å²) in [5.41, 5.74) is 0. The number of hydrogen-bond donors (Lipinski definition) is 0. The Hall–Kier alpha value is 0.371. The second-order valence-corrected chi connectivity index (χ2v) is 15.6. The molecule has 10 heteroatoms. The van der Waals surface area contributed by atoms with Crippen LogP contribution in [-0.2, 0) is 22.1 Å². The van der Waals surface area contributed by atoms with Gasteiger partial charge in [0.2, 0.25) is 0 Å². The van der Waals surface area contributed by atoms with Crippen molar-refractivity contribution < 1.29 is 22.1 Å². The van der Waals surface area contributed by atoms with Gasteiger partial charge in [-0.05, 0) is 78.5 Å². The highest BCUT2D eigenvalue weighted by atomic mass is 28.4. The second kappa shape index (κ2) is 22.6. The molecule has 1 unspecified atom stereocenters. The predicted octanol–water partition coefficient (Wildman–Crippen LogP) is 4.42. The largest absolute Gasteiger partial charge is 0.500 e. The van der Waals surface area contributed by atoms with E-state index in [2.05, 4.69) is 30.7 Å². The normalized spacial score (nSPS) is 13.5. The van der Waals surface area contributed by atoms with Crippen molar-refractivity contribution >= 4 is 27.6 Å². The monoisotopic (exact) mass is 535 g/mol. The Bertz CT molecular complexity index is 433. The Morgan fingerprint density at radius 2 is 1.32 bits per heavy atom. The van der Waals surface area contributed by atoms with E-state index >= 15 is 0 Å². The van der Waals surface area contributed by atoms with Crippen LogP contribution in [-0.4, -0.2) is 111 Å². The third-order valence-corrected chi connectivity index (χ3v) is 14.3. The molecule has 0 fully saturated rings. The molecule has 0 bridgehead atoms. The quantitative estimate of drug-likeness (QED) is 0.127. The Kier molecular flexibility index (Phi) is 22.8. The average molecular weight is 536 g/mol. The summed E-state index contributed by atoms with van der Waals surface area (Å²) < 4.78 is 29.2. The molecule has 0 N–H and O–H groups in total. The molecule has 0 aromatic carbocycles. The van der Waals surface area contributed by atoms with Gasteiger partial charge in [-0.15, -0.1) is 0 Å². The van der Waals surface area contributed by atoms with Crippen molar-refractivity contribution in [2.45, 2.75) is 83.8 Å². The summed E-state index contributed by atoms with van der Waals surface area (Å²) in [6.07, 6.45) is 9.69. The van der Waals surface area contributed by atoms with E-state index in [1.54, 1.807) is 21.3 Å². The number of hydrogen-bond acceptors (Lipinski definition) is 7. The van der Waals surface area contributed by atoms with Gasteiger partial charge in [0, 0.05) is 39.7 Å². The fraction of sp³-hybridized carbons (Fsp3) is 1.00. The second-order valence-electron chi connectivity index (χ2n) is 8.64. The minimum atomic E-state index is -2.64. The van der Waals surface area contributed by atoms with E-state index in [-0.39, 0.29) is 0 Å². The zero-order valence-electron chi connectivity index (χ0n) is 23.6. The molecule has 0 aliphatic heterocycles. The van der Waals surface area contributed by atoms with E-state index in [1.807, 2.05) is 13.8 Å². The van der Waals surface area contributed by atoms with Crippen molar-refractivity contribution in [2.24, 2.45) is 0 Å². The van der Waals surface area contributed by atoms with Crippen molar-refractivity contribution in [3.8, 4) is 0 Å². The van der Waals surface area contributed by atoms with E-state index in [4.69, 9.17) is 22.1 Å². The topological polar surface area (TPSA) is 52.6 Å². The molecule has 0 aliphatic rings. The van der Waals surface area contributed by atoms with Gasteiger partial charge in [-0.3, -0.25) is 0 Å². The molecule has 0 amide bonds. The minimum absolute atomic E-state index is 0.358. The van der Waals surface area contributed by atoms with Gasteiger partial charge in [0.25, 0.3) is 0 Å². The van der Waals surface area contributed by atoms with Crippen LogP contribution in [0.25, 0.3) is 0 Å². The molecule has 203 valence electrons. The van der Waals surface area contributed by atoms with E-state index in [9.17, 15) is 0 Å². The molecule has 0 rings (SSSR count). The zero-order chi connectivity index (χ0) is 25.7. The third kappa shape index (κ3) is 14.8. The van der Waals surface area contributed by atoms with Crippen molar-refractivity contribution in [3.05, 3.63) is 0 Å². The van der Waals surface area contributed by atoms with Crippen molar-refractivity contribution in [1.82, 2.24) is 9.80 Å². The molecule has 7 nitrogen and oxygen atoms in total. The van der Waals surface area contributed by atoms with Gasteiger partial charge in [0.1, 0.15) is 0 Å². The molecule has 34 heavy (non-hydrogen) atoms. The van der Waals surface area contributed by atoms with Crippen LogP contribution >= 0.6 is 0 Å². The molecule has 0 heterocycles. The first kappa shape index (κ1) is 34.4. The van der Waals surface area contributed by atoms with Gasteiger partial charge in [0.15, 0.2) is 0 Å². The first-order valence-electron chi connectivity index (χ1n) is 13.4. The Morgan fingerprint density at radius 3 is 1.85 bits per heavy atom. The Labute approximate surface area is 217 Å². The fourth-order valence-corrected chi connectivity index (χ4v) is 11.0. The van der Waals surface area contributed by atoms with E-state index in [1.165, 1.54) is 38.6 Å². The van der Waals surface area contributed by atoms with Gasteiger partial charge in [0.05, 0.1) is 9.52 Å². The van der Waals surface area contributed by atoms with Crippen LogP contribution in [0.4, 0.5) is 0 Å². The van der Waals surface area contributed by atoms with Crippen LogP contribution in [0, 0.1) is 0 Å². The minimum Gasteiger partial charge on any atom is -0.394 e. The lowest BCUT2D eigenvalue weighted by molar-refractivity contribution is 0.118. The zero-order valence-corrected chi connectivity index (χ0v) is 26.6. The maximum absolute atomic E-state index is 5.89. The molecule has 0 spiro atoms. The van der Waals surface area contributed by atoms with E-state index in [0.29, 0.717) is 5.16 Å². The smallest absolute Gasteiger partial charge is 0.394 e. The van der Waals surface area contributed by atoms with Crippen LogP contribution < -0.4 is 0 Å². The molecule has 0 aromatic rings.